The highest BCUT2D eigenvalue weighted by molar-refractivity contribution is 7.98. The summed E-state index contributed by atoms with van der Waals surface area (Å²) >= 11 is 1.65. The number of hydrogen-bond donors (Lipinski definition) is 0. The summed E-state index contributed by atoms with van der Waals surface area (Å²) in [4.78, 5) is 11.1. The summed E-state index contributed by atoms with van der Waals surface area (Å²) in [5.41, 5.74) is 1.24. The van der Waals surface area contributed by atoms with E-state index < -0.39 is 10.0 Å². The first-order chi connectivity index (χ1) is 13.1. The Labute approximate surface area is 165 Å². The van der Waals surface area contributed by atoms with Gasteiger partial charge in [-0.15, -0.1) is 11.8 Å². The lowest BCUT2D eigenvalue weighted by molar-refractivity contribution is 0.467. The number of benzene rings is 1. The molecule has 3 heterocycles. The molecule has 27 heavy (non-hydrogen) atoms. The number of anilines is 1. The number of sulfonamides is 1. The van der Waals surface area contributed by atoms with Crippen LogP contribution in [-0.2, 0) is 15.8 Å². The van der Waals surface area contributed by atoms with Crippen molar-refractivity contribution in [2.24, 2.45) is 0 Å². The molecule has 0 amide bonds. The summed E-state index contributed by atoms with van der Waals surface area (Å²) in [5, 5.41) is 0.528. The second-order valence-electron chi connectivity index (χ2n) is 7.00. The van der Waals surface area contributed by atoms with Crippen LogP contribution in [0.2, 0.25) is 0 Å². The van der Waals surface area contributed by atoms with Gasteiger partial charge in [-0.05, 0) is 24.8 Å². The number of aromatic nitrogens is 2. The Hall–Kier alpha value is -1.64. The third-order valence-electron chi connectivity index (χ3n) is 5.14. The van der Waals surface area contributed by atoms with E-state index in [1.54, 1.807) is 28.5 Å². The molecular formula is C19H24N4O2S2. The van der Waals surface area contributed by atoms with Gasteiger partial charge < -0.3 is 4.90 Å². The summed E-state index contributed by atoms with van der Waals surface area (Å²) < 4.78 is 27.3. The Morgan fingerprint density at radius 3 is 2.63 bits per heavy atom. The van der Waals surface area contributed by atoms with Gasteiger partial charge in [0.15, 0.2) is 0 Å². The Balaban J connectivity index is 1.40. The van der Waals surface area contributed by atoms with Gasteiger partial charge in [0.1, 0.15) is 10.8 Å². The van der Waals surface area contributed by atoms with E-state index in [1.165, 1.54) is 5.56 Å². The van der Waals surface area contributed by atoms with Crippen molar-refractivity contribution in [2.75, 3.05) is 31.1 Å². The van der Waals surface area contributed by atoms with Crippen molar-refractivity contribution in [3.8, 4) is 0 Å². The lowest BCUT2D eigenvalue weighted by Crippen LogP contribution is -2.38. The van der Waals surface area contributed by atoms with E-state index in [0.717, 1.165) is 29.4 Å². The molecule has 1 atom stereocenters. The van der Waals surface area contributed by atoms with E-state index in [4.69, 9.17) is 4.98 Å². The van der Waals surface area contributed by atoms with Crippen LogP contribution in [0.5, 0.6) is 0 Å². The molecule has 6 nitrogen and oxygen atoms in total. The van der Waals surface area contributed by atoms with Gasteiger partial charge >= 0.3 is 0 Å². The Bertz CT molecular complexity index is 870. The van der Waals surface area contributed by atoms with E-state index in [9.17, 15) is 8.42 Å². The molecule has 8 heteroatoms. The summed E-state index contributed by atoms with van der Waals surface area (Å²) in [7, 11) is -3.20. The van der Waals surface area contributed by atoms with Crippen LogP contribution >= 0.6 is 11.8 Å². The van der Waals surface area contributed by atoms with Crippen LogP contribution in [0.25, 0.3) is 0 Å². The minimum atomic E-state index is -3.20. The molecule has 0 aliphatic carbocycles. The fourth-order valence-corrected chi connectivity index (χ4v) is 6.39. The molecule has 4 rings (SSSR count). The molecular weight excluding hydrogens is 380 g/mol. The second kappa shape index (κ2) is 8.16. The molecule has 2 saturated heterocycles. The molecule has 2 aromatic rings. The predicted octanol–water partition coefficient (Wildman–Crippen LogP) is 2.77. The van der Waals surface area contributed by atoms with Crippen molar-refractivity contribution >= 4 is 27.6 Å². The minimum Gasteiger partial charge on any atom is -0.354 e. The second-order valence-corrected chi connectivity index (χ2v) is 10.2. The first-order valence-electron chi connectivity index (χ1n) is 9.35. The van der Waals surface area contributed by atoms with Gasteiger partial charge in [-0.25, -0.2) is 17.7 Å². The quantitative estimate of drug-likeness (QED) is 0.690. The maximum atomic E-state index is 12.8. The van der Waals surface area contributed by atoms with Crippen molar-refractivity contribution < 1.29 is 8.42 Å². The average molecular weight is 405 g/mol. The van der Waals surface area contributed by atoms with Crippen LogP contribution in [0.15, 0.2) is 47.8 Å². The number of thioether (sulfide) groups is 1. The zero-order valence-corrected chi connectivity index (χ0v) is 16.8. The predicted molar refractivity (Wildman–Crippen MR) is 108 cm³/mol. The van der Waals surface area contributed by atoms with E-state index >= 15 is 0 Å². The Morgan fingerprint density at radius 2 is 1.85 bits per heavy atom. The van der Waals surface area contributed by atoms with Crippen LogP contribution in [0, 0.1) is 0 Å². The number of rotatable bonds is 6. The first-order valence-corrected chi connectivity index (χ1v) is 11.8. The van der Waals surface area contributed by atoms with E-state index in [1.807, 2.05) is 18.2 Å². The standard InChI is InChI=1S/C19H24N4O2S2/c24-27(25,23-9-4-5-10-23)17-8-11-22(14-17)18-12-20-13-19(21-18)26-15-16-6-2-1-3-7-16/h1-3,6-7,12-13,17H,4-5,8-11,14-15H2. The Kier molecular flexibility index (Phi) is 5.66. The van der Waals surface area contributed by atoms with E-state index in [-0.39, 0.29) is 5.25 Å². The fourth-order valence-electron chi connectivity index (χ4n) is 3.62. The monoisotopic (exact) mass is 404 g/mol. The van der Waals surface area contributed by atoms with Gasteiger partial charge in [0.05, 0.1) is 17.6 Å². The average Bonchev–Trinajstić information content (AvgIpc) is 3.40. The molecule has 2 aliphatic rings. The highest BCUT2D eigenvalue weighted by Gasteiger charge is 2.38. The maximum Gasteiger partial charge on any atom is 0.218 e. The molecule has 0 spiro atoms. The zero-order valence-electron chi connectivity index (χ0n) is 15.2. The topological polar surface area (TPSA) is 66.4 Å². The van der Waals surface area contributed by atoms with Gasteiger partial charge in [0, 0.05) is 31.9 Å². The molecule has 0 radical (unpaired) electrons. The fraction of sp³-hybridized carbons (Fsp3) is 0.474. The van der Waals surface area contributed by atoms with E-state index in [2.05, 4.69) is 22.0 Å². The molecule has 0 saturated carbocycles. The van der Waals surface area contributed by atoms with Crippen molar-refractivity contribution in [2.45, 2.75) is 35.3 Å². The van der Waals surface area contributed by atoms with Gasteiger partial charge in [-0.3, -0.25) is 4.98 Å². The smallest absolute Gasteiger partial charge is 0.218 e. The lowest BCUT2D eigenvalue weighted by Gasteiger charge is -2.21. The van der Waals surface area contributed by atoms with Crippen molar-refractivity contribution in [3.63, 3.8) is 0 Å². The van der Waals surface area contributed by atoms with Crippen molar-refractivity contribution in [1.82, 2.24) is 14.3 Å². The third kappa shape index (κ3) is 4.28. The van der Waals surface area contributed by atoms with Crippen LogP contribution in [0.1, 0.15) is 24.8 Å². The number of nitrogens with zero attached hydrogens (tertiary/aromatic N) is 4. The molecule has 2 aliphatic heterocycles. The molecule has 1 aromatic carbocycles. The third-order valence-corrected chi connectivity index (χ3v) is 8.43. The summed E-state index contributed by atoms with van der Waals surface area (Å²) in [5.74, 6) is 1.61. The molecule has 1 aromatic heterocycles. The van der Waals surface area contributed by atoms with Gasteiger partial charge in [0.25, 0.3) is 0 Å². The lowest BCUT2D eigenvalue weighted by atomic mass is 10.2. The SMILES string of the molecule is O=S(=O)(C1CCN(c2cncc(SCc3ccccc3)n2)C1)N1CCCC1. The van der Waals surface area contributed by atoms with Crippen LogP contribution in [-0.4, -0.2) is 54.1 Å². The largest absolute Gasteiger partial charge is 0.354 e. The van der Waals surface area contributed by atoms with Crippen molar-refractivity contribution in [1.29, 1.82) is 0 Å². The molecule has 144 valence electrons. The minimum absolute atomic E-state index is 0.335. The molecule has 2 fully saturated rings. The summed E-state index contributed by atoms with van der Waals surface area (Å²) in [6.07, 6.45) is 6.11. The zero-order chi connectivity index (χ0) is 18.7. The molecule has 0 bridgehead atoms. The summed E-state index contributed by atoms with van der Waals surface area (Å²) in [6.45, 7) is 2.55. The van der Waals surface area contributed by atoms with Crippen LogP contribution in [0.4, 0.5) is 5.82 Å². The number of hydrogen-bond acceptors (Lipinski definition) is 6. The highest BCUT2D eigenvalue weighted by Crippen LogP contribution is 2.28. The molecule has 1 unspecified atom stereocenters. The van der Waals surface area contributed by atoms with E-state index in [0.29, 0.717) is 32.6 Å². The summed E-state index contributed by atoms with van der Waals surface area (Å²) in [6, 6.07) is 10.3. The Morgan fingerprint density at radius 1 is 1.07 bits per heavy atom. The van der Waals surface area contributed by atoms with Crippen LogP contribution in [0.3, 0.4) is 0 Å². The van der Waals surface area contributed by atoms with Gasteiger partial charge in [-0.1, -0.05) is 30.3 Å². The normalized spacial score (nSPS) is 21.0. The van der Waals surface area contributed by atoms with Gasteiger partial charge in [-0.2, -0.15) is 0 Å². The highest BCUT2D eigenvalue weighted by atomic mass is 32.2. The maximum absolute atomic E-state index is 12.8. The van der Waals surface area contributed by atoms with Gasteiger partial charge in [0.2, 0.25) is 10.0 Å². The molecule has 0 N–H and O–H groups in total. The van der Waals surface area contributed by atoms with Crippen molar-refractivity contribution in [3.05, 3.63) is 48.3 Å². The van der Waals surface area contributed by atoms with Crippen LogP contribution < -0.4 is 4.90 Å². The first kappa shape index (κ1) is 18.7.